The zero-order valence-corrected chi connectivity index (χ0v) is 25.8. The van der Waals surface area contributed by atoms with Crippen LogP contribution in [0.1, 0.15) is 140 Å². The molecule has 4 aliphatic rings. The van der Waals surface area contributed by atoms with Crippen molar-refractivity contribution < 1.29 is 17.9 Å². The van der Waals surface area contributed by atoms with Crippen molar-refractivity contribution in [2.75, 3.05) is 0 Å². The molecule has 1 heterocycles. The Hall–Kier alpha value is -1.85. The molecule has 8 heteroatoms. The average molecular weight is 587 g/mol. The van der Waals surface area contributed by atoms with Crippen molar-refractivity contribution >= 4 is 10.0 Å². The lowest BCUT2D eigenvalue weighted by atomic mass is 9.73. The summed E-state index contributed by atoms with van der Waals surface area (Å²) < 4.78 is 35.9. The van der Waals surface area contributed by atoms with Gasteiger partial charge in [0.2, 0.25) is 10.0 Å². The van der Waals surface area contributed by atoms with Crippen LogP contribution < -0.4 is 10.3 Å². The quantitative estimate of drug-likeness (QED) is 0.301. The van der Waals surface area contributed by atoms with Gasteiger partial charge in [0.1, 0.15) is 11.5 Å². The second kappa shape index (κ2) is 13.2. The summed E-state index contributed by atoms with van der Waals surface area (Å²) >= 11 is 0. The number of nitriles is 1. The van der Waals surface area contributed by atoms with Crippen LogP contribution >= 0.6 is 0 Å². The van der Waals surface area contributed by atoms with E-state index in [1.54, 1.807) is 6.07 Å². The lowest BCUT2D eigenvalue weighted by Gasteiger charge is -2.37. The fraction of sp³-hybridized carbons (Fsp3) is 0.818. The topological polar surface area (TPSA) is 120 Å². The third-order valence-corrected chi connectivity index (χ3v) is 13.1. The van der Waals surface area contributed by atoms with Crippen LogP contribution in [-0.2, 0) is 10.0 Å². The van der Waals surface area contributed by atoms with Crippen LogP contribution in [0.5, 0.6) is 5.75 Å². The normalized spacial score (nSPS) is 31.3. The Morgan fingerprint density at radius 2 is 1.78 bits per heavy atom. The Morgan fingerprint density at radius 1 is 1.02 bits per heavy atom. The zero-order valence-electron chi connectivity index (χ0n) is 25.0. The summed E-state index contributed by atoms with van der Waals surface area (Å²) in [4.78, 5) is 13.5. The molecule has 1 aromatic rings. The number of nitrogens with one attached hydrogen (secondary N) is 1. The van der Waals surface area contributed by atoms with Crippen LogP contribution in [-0.4, -0.2) is 24.8 Å². The van der Waals surface area contributed by atoms with Crippen molar-refractivity contribution in [3.05, 3.63) is 27.8 Å². The Bertz CT molecular complexity index is 1240. The maximum Gasteiger partial charge on any atom is 0.343 e. The lowest BCUT2D eigenvalue weighted by Crippen LogP contribution is -2.47. The van der Waals surface area contributed by atoms with Crippen LogP contribution in [0.2, 0.25) is 0 Å². The first-order valence-corrected chi connectivity index (χ1v) is 18.0. The minimum atomic E-state index is -3.52. The molecule has 5 unspecified atom stereocenters. The van der Waals surface area contributed by atoms with Crippen LogP contribution in [0.25, 0.3) is 0 Å². The Labute approximate surface area is 246 Å². The van der Waals surface area contributed by atoms with Crippen molar-refractivity contribution in [3.8, 4) is 11.8 Å². The molecular formula is C33H50N2O5S. The molecule has 0 aliphatic heterocycles. The molecule has 7 nitrogen and oxygen atoms in total. The number of hydrogen-bond acceptors (Lipinski definition) is 6. The molecule has 0 radical (unpaired) electrons. The second-order valence-corrected chi connectivity index (χ2v) is 15.8. The zero-order chi connectivity index (χ0) is 29.1. The van der Waals surface area contributed by atoms with Crippen LogP contribution in [0, 0.1) is 40.9 Å². The van der Waals surface area contributed by atoms with E-state index in [4.69, 9.17) is 4.42 Å². The lowest BCUT2D eigenvalue weighted by molar-refractivity contribution is 0.239. The van der Waals surface area contributed by atoms with Gasteiger partial charge >= 0.3 is 5.63 Å². The molecule has 0 spiro atoms. The Balaban J connectivity index is 1.30. The highest BCUT2D eigenvalue weighted by molar-refractivity contribution is 7.90. The maximum atomic E-state index is 13.5. The molecule has 7 atom stereocenters. The van der Waals surface area contributed by atoms with Gasteiger partial charge in [0.25, 0.3) is 0 Å². The molecule has 0 bridgehead atoms. The van der Waals surface area contributed by atoms with Gasteiger partial charge in [-0.15, -0.1) is 0 Å². The van der Waals surface area contributed by atoms with Gasteiger partial charge in [0, 0.05) is 29.9 Å². The molecular weight excluding hydrogens is 536 g/mol. The smallest absolute Gasteiger partial charge is 0.343 e. The van der Waals surface area contributed by atoms with E-state index in [1.807, 2.05) is 6.92 Å². The molecule has 0 amide bonds. The Morgan fingerprint density at radius 3 is 2.41 bits per heavy atom. The molecule has 1 aromatic heterocycles. The third kappa shape index (κ3) is 7.21. The molecule has 5 rings (SSSR count). The van der Waals surface area contributed by atoms with Crippen molar-refractivity contribution in [3.63, 3.8) is 0 Å². The van der Waals surface area contributed by atoms with Gasteiger partial charge < -0.3 is 9.52 Å². The first kappa shape index (κ1) is 30.6. The van der Waals surface area contributed by atoms with E-state index in [1.165, 1.54) is 32.1 Å². The maximum absolute atomic E-state index is 13.5. The largest absolute Gasteiger partial charge is 0.507 e. The van der Waals surface area contributed by atoms with Gasteiger partial charge in [-0.25, -0.2) is 17.9 Å². The minimum Gasteiger partial charge on any atom is -0.507 e. The predicted molar refractivity (Wildman–Crippen MR) is 160 cm³/mol. The summed E-state index contributed by atoms with van der Waals surface area (Å²) in [7, 11) is -3.52. The summed E-state index contributed by atoms with van der Waals surface area (Å²) in [5.74, 6) is 1.75. The molecule has 4 fully saturated rings. The molecule has 228 valence electrons. The average Bonchev–Trinajstić information content (AvgIpc) is 3.79. The van der Waals surface area contributed by atoms with Crippen LogP contribution in [0.15, 0.2) is 15.3 Å². The standard InChI is InChI=1S/C33H50N2O5S/c1-3-24(17-22-8-5-4-6-9-22)29-19-28(36)32(33(37)40-29)31(25-13-14-25)26-10-7-11-27(18-26)35-41(38,39)30-15-12-23(20-34)16-21(30)2/h19,21-27,30-31,35-36H,3-18H2,1-2H3/t21-,23?,24+,26?,27?,30?,31?/m0/s1. The molecule has 4 aliphatic carbocycles. The van der Waals surface area contributed by atoms with Gasteiger partial charge in [-0.05, 0) is 87.9 Å². The summed E-state index contributed by atoms with van der Waals surface area (Å²) in [6.45, 7) is 4.08. The Kier molecular flexibility index (Phi) is 9.85. The van der Waals surface area contributed by atoms with Gasteiger partial charge in [0.05, 0.1) is 16.9 Å². The number of nitrogens with zero attached hydrogens (tertiary/aromatic N) is 1. The van der Waals surface area contributed by atoms with Crippen LogP contribution in [0.4, 0.5) is 0 Å². The van der Waals surface area contributed by atoms with E-state index in [2.05, 4.69) is 17.7 Å². The number of hydrogen-bond donors (Lipinski definition) is 2. The first-order chi connectivity index (χ1) is 19.7. The summed E-state index contributed by atoms with van der Waals surface area (Å²) in [5.41, 5.74) is 0.0190. The van der Waals surface area contributed by atoms with Crippen molar-refractivity contribution in [2.24, 2.45) is 29.6 Å². The van der Waals surface area contributed by atoms with E-state index >= 15 is 0 Å². The second-order valence-electron chi connectivity index (χ2n) is 13.9. The van der Waals surface area contributed by atoms with Crippen molar-refractivity contribution in [2.45, 2.75) is 140 Å². The highest BCUT2D eigenvalue weighted by atomic mass is 32.2. The highest BCUT2D eigenvalue weighted by Crippen LogP contribution is 2.52. The van der Waals surface area contributed by atoms with Crippen molar-refractivity contribution in [1.82, 2.24) is 4.72 Å². The summed E-state index contributed by atoms with van der Waals surface area (Å²) in [5, 5.41) is 20.1. The predicted octanol–water partition coefficient (Wildman–Crippen LogP) is 7.11. The molecule has 0 saturated heterocycles. The third-order valence-electron chi connectivity index (χ3n) is 10.9. The number of rotatable bonds is 10. The fourth-order valence-electron chi connectivity index (χ4n) is 8.56. The molecule has 0 aromatic carbocycles. The molecule has 41 heavy (non-hydrogen) atoms. The molecule has 4 saturated carbocycles. The van der Waals surface area contributed by atoms with Gasteiger partial charge in [0.15, 0.2) is 0 Å². The fourth-order valence-corrected chi connectivity index (χ4v) is 10.6. The van der Waals surface area contributed by atoms with Crippen molar-refractivity contribution in [1.29, 1.82) is 5.26 Å². The van der Waals surface area contributed by atoms with Gasteiger partial charge in [-0.1, -0.05) is 52.4 Å². The van der Waals surface area contributed by atoms with E-state index in [-0.39, 0.29) is 41.4 Å². The van der Waals surface area contributed by atoms with E-state index in [0.717, 1.165) is 44.9 Å². The van der Waals surface area contributed by atoms with E-state index in [0.29, 0.717) is 48.8 Å². The number of aromatic hydroxyl groups is 1. The van der Waals surface area contributed by atoms with E-state index in [9.17, 15) is 23.6 Å². The first-order valence-electron chi connectivity index (χ1n) is 16.5. The van der Waals surface area contributed by atoms with Crippen LogP contribution in [0.3, 0.4) is 0 Å². The molecule has 2 N–H and O–H groups in total. The van der Waals surface area contributed by atoms with Gasteiger partial charge in [-0.2, -0.15) is 5.26 Å². The summed E-state index contributed by atoms with van der Waals surface area (Å²) in [6.07, 6.45) is 15.3. The monoisotopic (exact) mass is 586 g/mol. The SMILES string of the molecule is CC[C@H](CC1CCCCC1)c1cc(O)c(C(C2CC2)C2CCCC(NS(=O)(=O)C3CCC(C#N)C[C@@H]3C)C2)c(=O)o1. The van der Waals surface area contributed by atoms with Gasteiger partial charge in [-0.3, -0.25) is 0 Å². The minimum absolute atomic E-state index is 0.0466. The highest BCUT2D eigenvalue weighted by Gasteiger charge is 2.44. The number of sulfonamides is 1. The van der Waals surface area contributed by atoms with E-state index < -0.39 is 20.9 Å². The summed E-state index contributed by atoms with van der Waals surface area (Å²) in [6, 6.07) is 3.86.